The lowest BCUT2D eigenvalue weighted by molar-refractivity contribution is 0.0527. The number of amides is 1. The van der Waals surface area contributed by atoms with E-state index in [0.29, 0.717) is 10.7 Å². The van der Waals surface area contributed by atoms with E-state index >= 15 is 0 Å². The third-order valence-electron chi connectivity index (χ3n) is 3.87. The number of anilines is 2. The summed E-state index contributed by atoms with van der Waals surface area (Å²) in [5, 5.41) is 7.09. The summed E-state index contributed by atoms with van der Waals surface area (Å²) in [4.78, 5) is 24.4. The van der Waals surface area contributed by atoms with E-state index in [2.05, 4.69) is 15.8 Å². The number of nitrogens with one attached hydrogen (secondary N) is 2. The second kappa shape index (κ2) is 10.1. The normalized spacial score (nSPS) is 10.8. The third kappa shape index (κ3) is 5.62. The Morgan fingerprint density at radius 3 is 2.68 bits per heavy atom. The van der Waals surface area contributed by atoms with Gasteiger partial charge in [-0.15, -0.1) is 0 Å². The molecule has 0 unspecified atom stereocenters. The Bertz CT molecular complexity index is 1150. The highest BCUT2D eigenvalue weighted by atomic mass is 35.5. The number of carbonyl (C=O) groups is 2. The molecule has 0 fully saturated rings. The first-order valence-corrected chi connectivity index (χ1v) is 9.75. The summed E-state index contributed by atoms with van der Waals surface area (Å²) in [6, 6.07) is 11.8. The van der Waals surface area contributed by atoms with E-state index in [4.69, 9.17) is 32.4 Å². The highest BCUT2D eigenvalue weighted by Crippen LogP contribution is 2.34. The molecule has 2 N–H and O–H groups in total. The van der Waals surface area contributed by atoms with Gasteiger partial charge in [-0.3, -0.25) is 4.79 Å². The lowest BCUT2D eigenvalue weighted by Crippen LogP contribution is -2.17. The fourth-order valence-electron chi connectivity index (χ4n) is 2.53. The second-order valence-corrected chi connectivity index (χ2v) is 6.86. The van der Waals surface area contributed by atoms with Crippen molar-refractivity contribution < 1.29 is 23.1 Å². The van der Waals surface area contributed by atoms with Crippen LogP contribution >= 0.6 is 23.2 Å². The van der Waals surface area contributed by atoms with Crippen molar-refractivity contribution in [2.24, 2.45) is 5.10 Å². The van der Waals surface area contributed by atoms with Crippen LogP contribution in [0.5, 0.6) is 0 Å². The summed E-state index contributed by atoms with van der Waals surface area (Å²) in [6.45, 7) is 1.78. The fourth-order valence-corrected chi connectivity index (χ4v) is 2.97. The number of furan rings is 1. The SMILES string of the molecule is CCOC(=O)c1c(Nc2cccc(Cl)c2)oc(/C=N\NC(=O)c2cccc(F)c2)c1Cl. The number of hydrogen-bond acceptors (Lipinski definition) is 6. The maximum Gasteiger partial charge on any atom is 0.345 e. The average molecular weight is 464 g/mol. The lowest BCUT2D eigenvalue weighted by atomic mass is 10.2. The van der Waals surface area contributed by atoms with Crippen molar-refractivity contribution in [3.05, 3.63) is 81.3 Å². The average Bonchev–Trinajstić information content (AvgIpc) is 3.03. The summed E-state index contributed by atoms with van der Waals surface area (Å²) in [5.41, 5.74) is 2.82. The zero-order valence-corrected chi connectivity index (χ0v) is 17.6. The van der Waals surface area contributed by atoms with Crippen molar-refractivity contribution in [1.82, 2.24) is 5.43 Å². The van der Waals surface area contributed by atoms with Gasteiger partial charge in [0.2, 0.25) is 5.88 Å². The molecule has 1 aromatic heterocycles. The Balaban J connectivity index is 1.85. The summed E-state index contributed by atoms with van der Waals surface area (Å²) >= 11 is 12.3. The Morgan fingerprint density at radius 1 is 1.19 bits per heavy atom. The van der Waals surface area contributed by atoms with Crippen LogP contribution in [0.4, 0.5) is 16.0 Å². The molecule has 0 atom stereocenters. The zero-order valence-electron chi connectivity index (χ0n) is 16.1. The van der Waals surface area contributed by atoms with Crippen molar-refractivity contribution in [2.75, 3.05) is 11.9 Å². The van der Waals surface area contributed by atoms with Gasteiger partial charge < -0.3 is 14.5 Å². The summed E-state index contributed by atoms with van der Waals surface area (Å²) < 4.78 is 23.9. The molecule has 31 heavy (non-hydrogen) atoms. The standard InChI is InChI=1S/C21H16Cl2FN3O4/c1-2-30-21(29)17-18(23)16(31-20(17)26-15-8-4-6-13(22)10-15)11-25-27-19(28)12-5-3-7-14(24)9-12/h3-11,26H,2H2,1H3,(H,27,28)/b25-11-. The largest absolute Gasteiger partial charge is 0.462 e. The molecule has 0 radical (unpaired) electrons. The Morgan fingerprint density at radius 2 is 1.97 bits per heavy atom. The van der Waals surface area contributed by atoms with Gasteiger partial charge in [-0.2, -0.15) is 5.10 Å². The number of hydrazone groups is 1. The molecule has 1 heterocycles. The molecule has 10 heteroatoms. The first-order chi connectivity index (χ1) is 14.9. The third-order valence-corrected chi connectivity index (χ3v) is 4.48. The number of benzene rings is 2. The van der Waals surface area contributed by atoms with Crippen LogP contribution in [0.1, 0.15) is 33.4 Å². The van der Waals surface area contributed by atoms with Crippen LogP contribution in [0.25, 0.3) is 0 Å². The van der Waals surface area contributed by atoms with Gasteiger partial charge in [-0.1, -0.05) is 35.3 Å². The van der Waals surface area contributed by atoms with Gasteiger partial charge in [0, 0.05) is 16.3 Å². The van der Waals surface area contributed by atoms with Gasteiger partial charge >= 0.3 is 5.97 Å². The van der Waals surface area contributed by atoms with Crippen LogP contribution in [0.15, 0.2) is 58.0 Å². The van der Waals surface area contributed by atoms with Crippen molar-refractivity contribution in [2.45, 2.75) is 6.92 Å². The van der Waals surface area contributed by atoms with Crippen molar-refractivity contribution >= 4 is 52.9 Å². The monoisotopic (exact) mass is 463 g/mol. The smallest absolute Gasteiger partial charge is 0.345 e. The number of nitrogens with zero attached hydrogens (tertiary/aromatic N) is 1. The minimum atomic E-state index is -0.704. The highest BCUT2D eigenvalue weighted by molar-refractivity contribution is 6.36. The molecule has 7 nitrogen and oxygen atoms in total. The van der Waals surface area contributed by atoms with Crippen molar-refractivity contribution in [3.63, 3.8) is 0 Å². The maximum absolute atomic E-state index is 13.2. The van der Waals surface area contributed by atoms with Crippen molar-refractivity contribution in [1.29, 1.82) is 0 Å². The van der Waals surface area contributed by atoms with Gasteiger partial charge in [-0.05, 0) is 43.3 Å². The van der Waals surface area contributed by atoms with Gasteiger partial charge in [0.15, 0.2) is 5.76 Å². The van der Waals surface area contributed by atoms with Crippen LogP contribution in [-0.4, -0.2) is 24.7 Å². The minimum absolute atomic E-state index is 0.00575. The van der Waals surface area contributed by atoms with Gasteiger partial charge in [0.1, 0.15) is 16.4 Å². The van der Waals surface area contributed by atoms with E-state index < -0.39 is 17.7 Å². The Hall–Kier alpha value is -3.36. The maximum atomic E-state index is 13.2. The molecule has 2 aromatic carbocycles. The highest BCUT2D eigenvalue weighted by Gasteiger charge is 2.25. The molecule has 0 saturated carbocycles. The van der Waals surface area contributed by atoms with Crippen LogP contribution in [0.3, 0.4) is 0 Å². The van der Waals surface area contributed by atoms with Gasteiger partial charge in [0.05, 0.1) is 12.8 Å². The topological polar surface area (TPSA) is 92.9 Å². The quantitative estimate of drug-likeness (QED) is 0.277. The second-order valence-electron chi connectivity index (χ2n) is 6.05. The molecule has 0 aliphatic heterocycles. The van der Waals surface area contributed by atoms with Gasteiger partial charge in [0.25, 0.3) is 5.91 Å². The number of ether oxygens (including phenoxy) is 1. The van der Waals surface area contributed by atoms with E-state index in [0.717, 1.165) is 12.3 Å². The first kappa shape index (κ1) is 22.3. The molecule has 0 spiro atoms. The molecule has 0 aliphatic rings. The molecule has 0 saturated heterocycles. The number of rotatable bonds is 7. The first-order valence-electron chi connectivity index (χ1n) is 9.00. The predicted octanol–water partition coefficient (Wildman–Crippen LogP) is 5.41. The molecule has 1 amide bonds. The van der Waals surface area contributed by atoms with Crippen LogP contribution in [0, 0.1) is 5.82 Å². The molecule has 160 valence electrons. The summed E-state index contributed by atoms with van der Waals surface area (Å²) in [7, 11) is 0. The van der Waals surface area contributed by atoms with Crippen LogP contribution in [-0.2, 0) is 4.74 Å². The fraction of sp³-hybridized carbons (Fsp3) is 0.0952. The lowest BCUT2D eigenvalue weighted by Gasteiger charge is -2.06. The Labute approximate surface area is 186 Å². The van der Waals surface area contributed by atoms with Crippen LogP contribution < -0.4 is 10.7 Å². The van der Waals surface area contributed by atoms with E-state index in [-0.39, 0.29) is 34.4 Å². The Kier molecular flexibility index (Phi) is 7.28. The number of esters is 1. The molecule has 3 aromatic rings. The predicted molar refractivity (Wildman–Crippen MR) is 116 cm³/mol. The van der Waals surface area contributed by atoms with Gasteiger partial charge in [-0.25, -0.2) is 14.6 Å². The molecular weight excluding hydrogens is 448 g/mol. The number of hydrogen-bond donors (Lipinski definition) is 2. The molecular formula is C21H16Cl2FN3O4. The van der Waals surface area contributed by atoms with E-state index in [1.54, 1.807) is 31.2 Å². The zero-order chi connectivity index (χ0) is 22.4. The molecule has 0 bridgehead atoms. The molecule has 0 aliphatic carbocycles. The number of halogens is 3. The summed E-state index contributed by atoms with van der Waals surface area (Å²) in [5.74, 6) is -1.88. The van der Waals surface area contributed by atoms with E-state index in [9.17, 15) is 14.0 Å². The summed E-state index contributed by atoms with van der Waals surface area (Å²) in [6.07, 6.45) is 1.12. The molecule has 3 rings (SSSR count). The number of carbonyl (C=O) groups excluding carboxylic acids is 2. The minimum Gasteiger partial charge on any atom is -0.462 e. The van der Waals surface area contributed by atoms with E-state index in [1.165, 1.54) is 18.2 Å². The van der Waals surface area contributed by atoms with Crippen LogP contribution in [0.2, 0.25) is 10.0 Å². The van der Waals surface area contributed by atoms with Crippen molar-refractivity contribution in [3.8, 4) is 0 Å². The van der Waals surface area contributed by atoms with E-state index in [1.807, 2.05) is 0 Å².